The minimum absolute atomic E-state index is 0.625. The molecule has 0 heterocycles. The molecule has 0 amide bonds. The molecule has 0 N–H and O–H groups in total. The Morgan fingerprint density at radius 2 is 1.80 bits per heavy atom. The highest BCUT2D eigenvalue weighted by molar-refractivity contribution is 4.65. The van der Waals surface area contributed by atoms with Crippen LogP contribution in [0, 0.1) is 0 Å². The molecule has 0 saturated carbocycles. The molecule has 0 saturated heterocycles. The Bertz CT molecular complexity index is 119. The molecule has 0 aromatic rings. The van der Waals surface area contributed by atoms with Crippen molar-refractivity contribution in [2.45, 2.75) is 51.8 Å². The maximum Gasteiger partial charge on any atom is 0.0310 e. The van der Waals surface area contributed by atoms with Gasteiger partial charge in [0.1, 0.15) is 0 Å². The Morgan fingerprint density at radius 1 is 1.20 bits per heavy atom. The summed E-state index contributed by atoms with van der Waals surface area (Å²) in [5.74, 6) is 0. The lowest BCUT2D eigenvalue weighted by molar-refractivity contribution is 0.611. The van der Waals surface area contributed by atoms with E-state index >= 15 is 0 Å². The second-order valence-corrected chi connectivity index (χ2v) is 2.57. The fraction of sp³-hybridized carbons (Fsp3) is 0.800. The van der Waals surface area contributed by atoms with Gasteiger partial charge in [0.25, 0.3) is 0 Å². The van der Waals surface area contributed by atoms with Gasteiger partial charge in [0.05, 0.1) is 0 Å². The summed E-state index contributed by atoms with van der Waals surface area (Å²) in [5, 5.41) is 0. The van der Waals surface area contributed by atoms with Crippen molar-refractivity contribution in [2.75, 3.05) is 0 Å². The lowest BCUT2D eigenvalue weighted by atomic mass is 10.1. The van der Waals surface area contributed by atoms with Gasteiger partial charge >= 0.3 is 0 Å². The van der Waals surface area contributed by atoms with Gasteiger partial charge in [0.15, 0.2) is 0 Å². The zero-order chi connectivity index (χ0) is 9.45. The molecule has 0 rings (SSSR count). The zero-order valence-electron chi connectivity index (χ0n) is 9.03. The van der Waals surface area contributed by atoms with Gasteiger partial charge in [0, 0.05) is 2.74 Å². The molecule has 0 bridgehead atoms. The third-order valence-electron chi connectivity index (χ3n) is 1.57. The molecule has 10 heavy (non-hydrogen) atoms. The second-order valence-electron chi connectivity index (χ2n) is 2.57. The van der Waals surface area contributed by atoms with Crippen molar-refractivity contribution in [3.63, 3.8) is 0 Å². The molecule has 0 aliphatic carbocycles. The molecule has 60 valence electrons. The van der Waals surface area contributed by atoms with Gasteiger partial charge in [-0.25, -0.2) is 0 Å². The predicted molar refractivity (Wildman–Crippen MR) is 48.2 cm³/mol. The van der Waals surface area contributed by atoms with Gasteiger partial charge < -0.3 is 0 Å². The van der Waals surface area contributed by atoms with Gasteiger partial charge in [-0.1, -0.05) is 45.1 Å². The molecule has 0 aromatic heterocycles. The van der Waals surface area contributed by atoms with Crippen LogP contribution in [0.5, 0.6) is 0 Å². The maximum absolute atomic E-state index is 7.40. The third-order valence-corrected chi connectivity index (χ3v) is 1.57. The first-order valence-corrected chi connectivity index (χ1v) is 4.26. The standard InChI is InChI=1S/C10H20/c1-3-5-7-9-10-8-6-4-2/h3H,1,4-10H2,2H3/i5D2. The van der Waals surface area contributed by atoms with E-state index in [-0.39, 0.29) is 0 Å². The van der Waals surface area contributed by atoms with E-state index in [1.165, 1.54) is 25.3 Å². The van der Waals surface area contributed by atoms with Crippen LogP contribution in [-0.4, -0.2) is 0 Å². The van der Waals surface area contributed by atoms with Crippen molar-refractivity contribution < 1.29 is 2.74 Å². The molecule has 0 aliphatic rings. The molecule has 0 radical (unpaired) electrons. The van der Waals surface area contributed by atoms with Crippen molar-refractivity contribution in [3.05, 3.63) is 12.7 Å². The van der Waals surface area contributed by atoms with E-state index in [2.05, 4.69) is 13.5 Å². The summed E-state index contributed by atoms with van der Waals surface area (Å²) in [6.45, 7) is 5.66. The van der Waals surface area contributed by atoms with Crippen LogP contribution in [-0.2, 0) is 0 Å². The number of hydrogen-bond donors (Lipinski definition) is 0. The lowest BCUT2D eigenvalue weighted by Gasteiger charge is -1.96. The largest absolute Gasteiger partial charge is 0.103 e. The van der Waals surface area contributed by atoms with Crippen LogP contribution in [0.2, 0.25) is 0 Å². The summed E-state index contributed by atoms with van der Waals surface area (Å²) < 4.78 is 14.8. The summed E-state index contributed by atoms with van der Waals surface area (Å²) in [4.78, 5) is 0. The molecule has 0 heteroatoms. The average molecular weight is 142 g/mol. The van der Waals surface area contributed by atoms with Crippen molar-refractivity contribution in [3.8, 4) is 0 Å². The summed E-state index contributed by atoms with van der Waals surface area (Å²) in [6.07, 6.45) is 6.79. The number of hydrogen-bond acceptors (Lipinski definition) is 0. The molecule has 0 spiro atoms. The number of rotatable bonds is 7. The molecular weight excluding hydrogens is 120 g/mol. The minimum atomic E-state index is -1.15. The molecule has 0 unspecified atom stereocenters. The molecule has 0 aliphatic heterocycles. The first-order valence-electron chi connectivity index (χ1n) is 5.26. The van der Waals surface area contributed by atoms with Crippen LogP contribution in [0.15, 0.2) is 12.7 Å². The van der Waals surface area contributed by atoms with E-state index in [1.54, 1.807) is 0 Å². The van der Waals surface area contributed by atoms with E-state index in [4.69, 9.17) is 2.74 Å². The van der Waals surface area contributed by atoms with Crippen molar-refractivity contribution >= 4 is 0 Å². The van der Waals surface area contributed by atoms with Gasteiger partial charge in [-0.2, -0.15) is 0 Å². The van der Waals surface area contributed by atoms with E-state index in [0.717, 1.165) is 12.8 Å². The quantitative estimate of drug-likeness (QED) is 0.373. The minimum Gasteiger partial charge on any atom is -0.103 e. The SMILES string of the molecule is [2H]C([2H])(C=C)CCCCCCC. The molecule has 0 aromatic carbocycles. The van der Waals surface area contributed by atoms with Gasteiger partial charge in [-0.15, -0.1) is 6.58 Å². The third kappa shape index (κ3) is 7.74. The predicted octanol–water partition coefficient (Wildman–Crippen LogP) is 3.92. The van der Waals surface area contributed by atoms with Crippen molar-refractivity contribution in [1.82, 2.24) is 0 Å². The highest BCUT2D eigenvalue weighted by Gasteiger charge is 1.86. The Balaban J connectivity index is 3.25. The van der Waals surface area contributed by atoms with Crippen LogP contribution in [0.3, 0.4) is 0 Å². The summed E-state index contributed by atoms with van der Waals surface area (Å²) >= 11 is 0. The first kappa shape index (κ1) is 6.45. The monoisotopic (exact) mass is 142 g/mol. The fourth-order valence-electron chi connectivity index (χ4n) is 0.933. The normalized spacial score (nSPS) is 14.1. The van der Waals surface area contributed by atoms with Crippen LogP contribution in [0.4, 0.5) is 0 Å². The van der Waals surface area contributed by atoms with Crippen LogP contribution in [0.1, 0.15) is 54.6 Å². The van der Waals surface area contributed by atoms with E-state index < -0.39 is 6.37 Å². The maximum atomic E-state index is 7.40. The Kier molecular flexibility index (Phi) is 5.64. The molecule has 0 atom stereocenters. The zero-order valence-corrected chi connectivity index (χ0v) is 7.03. The highest BCUT2D eigenvalue weighted by Crippen LogP contribution is 2.06. The second kappa shape index (κ2) is 8.74. The van der Waals surface area contributed by atoms with Crippen molar-refractivity contribution in [1.29, 1.82) is 0 Å². The Morgan fingerprint density at radius 3 is 2.40 bits per heavy atom. The van der Waals surface area contributed by atoms with Crippen LogP contribution < -0.4 is 0 Å². The average Bonchev–Trinajstić information content (AvgIpc) is 2.04. The van der Waals surface area contributed by atoms with Gasteiger partial charge in [-0.05, 0) is 12.8 Å². The highest BCUT2D eigenvalue weighted by atomic mass is 13.9. The molecular formula is C10H20. The van der Waals surface area contributed by atoms with Gasteiger partial charge in [-0.3, -0.25) is 0 Å². The van der Waals surface area contributed by atoms with Gasteiger partial charge in [0.2, 0.25) is 0 Å². The van der Waals surface area contributed by atoms with E-state index in [1.807, 2.05) is 0 Å². The summed E-state index contributed by atoms with van der Waals surface area (Å²) in [6, 6.07) is 0. The Hall–Kier alpha value is -0.260. The van der Waals surface area contributed by atoms with E-state index in [9.17, 15) is 0 Å². The smallest absolute Gasteiger partial charge is 0.0310 e. The summed E-state index contributed by atoms with van der Waals surface area (Å²) in [5.41, 5.74) is 0. The molecule has 0 fully saturated rings. The number of allylic oxidation sites excluding steroid dienone is 1. The Labute approximate surface area is 68.1 Å². The van der Waals surface area contributed by atoms with Crippen LogP contribution in [0.25, 0.3) is 0 Å². The van der Waals surface area contributed by atoms with Crippen molar-refractivity contribution in [2.24, 2.45) is 0 Å². The number of unbranched alkanes of at least 4 members (excludes halogenated alkanes) is 4. The first-order chi connectivity index (χ1) is 5.62. The van der Waals surface area contributed by atoms with Crippen LogP contribution >= 0.6 is 0 Å². The fourth-order valence-corrected chi connectivity index (χ4v) is 0.933. The summed E-state index contributed by atoms with van der Waals surface area (Å²) in [7, 11) is 0. The lowest BCUT2D eigenvalue weighted by Crippen LogP contribution is -1.76. The molecule has 0 nitrogen and oxygen atoms in total. The topological polar surface area (TPSA) is 0 Å². The van der Waals surface area contributed by atoms with E-state index in [0.29, 0.717) is 6.42 Å².